The van der Waals surface area contributed by atoms with E-state index in [0.29, 0.717) is 11.5 Å². The molecule has 1 amide bonds. The standard InChI is InChI=1S/C22H34F2N4O/c1-4-22(2,3)16-5-6-17(13-16)27-9-11-28(12-10-27)18-7-8-19(25-14-18)21(29)26-15-20(23)24/h7-8,14,16-17,20H,4-6,9-13,15H2,1-3H3,(H,26,29)/t16?,17-/m1/s1. The number of piperazine rings is 1. The van der Waals surface area contributed by atoms with Crippen LogP contribution in [0.2, 0.25) is 0 Å². The highest BCUT2D eigenvalue weighted by Crippen LogP contribution is 2.43. The van der Waals surface area contributed by atoms with E-state index in [1.807, 2.05) is 6.07 Å². The second-order valence-electron chi connectivity index (χ2n) is 9.03. The fourth-order valence-electron chi connectivity index (χ4n) is 4.60. The number of rotatable bonds is 7. The van der Waals surface area contributed by atoms with E-state index in [1.54, 1.807) is 12.3 Å². The molecule has 1 saturated carbocycles. The number of carbonyl (C=O) groups excluding carboxylic acids is 1. The van der Waals surface area contributed by atoms with Crippen LogP contribution in [0.4, 0.5) is 14.5 Å². The van der Waals surface area contributed by atoms with Crippen molar-refractivity contribution in [1.82, 2.24) is 15.2 Å². The number of carbonyl (C=O) groups is 1. The van der Waals surface area contributed by atoms with E-state index in [-0.39, 0.29) is 5.69 Å². The van der Waals surface area contributed by atoms with Gasteiger partial charge in [-0.1, -0.05) is 27.2 Å². The van der Waals surface area contributed by atoms with Crippen LogP contribution in [0, 0.1) is 11.3 Å². The summed E-state index contributed by atoms with van der Waals surface area (Å²) in [6, 6.07) is 4.17. The number of alkyl halides is 2. The predicted molar refractivity (Wildman–Crippen MR) is 112 cm³/mol. The molecule has 2 fully saturated rings. The first-order chi connectivity index (χ1) is 13.8. The quantitative estimate of drug-likeness (QED) is 0.746. The molecule has 1 aromatic rings. The third kappa shape index (κ3) is 5.44. The van der Waals surface area contributed by atoms with Crippen LogP contribution < -0.4 is 10.2 Å². The van der Waals surface area contributed by atoms with Crippen LogP contribution in [0.15, 0.2) is 18.3 Å². The maximum atomic E-state index is 12.2. The molecule has 0 bridgehead atoms. The van der Waals surface area contributed by atoms with Gasteiger partial charge in [0.2, 0.25) is 0 Å². The summed E-state index contributed by atoms with van der Waals surface area (Å²) < 4.78 is 24.4. The smallest absolute Gasteiger partial charge is 0.270 e. The number of nitrogens with one attached hydrogen (secondary N) is 1. The van der Waals surface area contributed by atoms with Crippen molar-refractivity contribution < 1.29 is 13.6 Å². The SMILES string of the molecule is CCC(C)(C)C1CC[C@@H](N2CCN(c3ccc(C(=O)NCC(F)F)nc3)CC2)C1. The van der Waals surface area contributed by atoms with Crippen LogP contribution in [0.3, 0.4) is 0 Å². The van der Waals surface area contributed by atoms with Crippen LogP contribution in [0.25, 0.3) is 0 Å². The lowest BCUT2D eigenvalue weighted by molar-refractivity contribution is 0.0887. The molecule has 0 spiro atoms. The molecule has 162 valence electrons. The summed E-state index contributed by atoms with van der Waals surface area (Å²) in [5.41, 5.74) is 1.58. The van der Waals surface area contributed by atoms with Crippen LogP contribution in [-0.2, 0) is 0 Å². The van der Waals surface area contributed by atoms with Crippen molar-refractivity contribution in [3.63, 3.8) is 0 Å². The van der Waals surface area contributed by atoms with Gasteiger partial charge in [0.1, 0.15) is 5.69 Å². The third-order valence-electron chi connectivity index (χ3n) is 7.01. The fourth-order valence-corrected chi connectivity index (χ4v) is 4.60. The highest BCUT2D eigenvalue weighted by atomic mass is 19.3. The first-order valence-electron chi connectivity index (χ1n) is 10.8. The van der Waals surface area contributed by atoms with Gasteiger partial charge >= 0.3 is 0 Å². The minimum Gasteiger partial charge on any atom is -0.368 e. The van der Waals surface area contributed by atoms with Crippen LogP contribution in [-0.4, -0.2) is 61.0 Å². The molecular formula is C22H34F2N4O. The van der Waals surface area contributed by atoms with E-state index in [0.717, 1.165) is 37.8 Å². The van der Waals surface area contributed by atoms with Crippen molar-refractivity contribution in [2.75, 3.05) is 37.6 Å². The number of nitrogens with zero attached hydrogens (tertiary/aromatic N) is 3. The zero-order valence-electron chi connectivity index (χ0n) is 17.8. The average Bonchev–Trinajstić information content (AvgIpc) is 3.23. The summed E-state index contributed by atoms with van der Waals surface area (Å²) in [6.45, 7) is 10.4. The van der Waals surface area contributed by atoms with Gasteiger partial charge in [-0.05, 0) is 42.7 Å². The summed E-state index contributed by atoms with van der Waals surface area (Å²) in [4.78, 5) is 20.9. The molecule has 29 heavy (non-hydrogen) atoms. The highest BCUT2D eigenvalue weighted by Gasteiger charge is 2.37. The topological polar surface area (TPSA) is 48.5 Å². The van der Waals surface area contributed by atoms with Gasteiger partial charge in [0.05, 0.1) is 18.4 Å². The molecule has 1 aliphatic heterocycles. The van der Waals surface area contributed by atoms with E-state index < -0.39 is 18.9 Å². The number of hydrogen-bond donors (Lipinski definition) is 1. The van der Waals surface area contributed by atoms with Crippen molar-refractivity contribution >= 4 is 11.6 Å². The Hall–Kier alpha value is -1.76. The van der Waals surface area contributed by atoms with E-state index in [1.165, 1.54) is 25.7 Å². The molecule has 2 heterocycles. The molecule has 1 saturated heterocycles. The Balaban J connectivity index is 1.49. The zero-order valence-corrected chi connectivity index (χ0v) is 17.8. The fraction of sp³-hybridized carbons (Fsp3) is 0.727. The monoisotopic (exact) mass is 408 g/mol. The Morgan fingerprint density at radius 3 is 2.55 bits per heavy atom. The van der Waals surface area contributed by atoms with Crippen LogP contribution in [0.1, 0.15) is 56.9 Å². The summed E-state index contributed by atoms with van der Waals surface area (Å²) in [5, 5.41) is 2.18. The molecule has 1 unspecified atom stereocenters. The molecule has 0 aromatic carbocycles. The Kier molecular flexibility index (Phi) is 7.09. The van der Waals surface area contributed by atoms with Crippen molar-refractivity contribution in [3.05, 3.63) is 24.0 Å². The summed E-state index contributed by atoms with van der Waals surface area (Å²) in [6.07, 6.45) is 4.30. The number of amides is 1. The van der Waals surface area contributed by atoms with E-state index >= 15 is 0 Å². The third-order valence-corrected chi connectivity index (χ3v) is 7.01. The van der Waals surface area contributed by atoms with Gasteiger partial charge in [0, 0.05) is 32.2 Å². The molecule has 1 N–H and O–H groups in total. The number of hydrogen-bond acceptors (Lipinski definition) is 4. The molecule has 2 aliphatic rings. The van der Waals surface area contributed by atoms with Gasteiger partial charge in [-0.15, -0.1) is 0 Å². The van der Waals surface area contributed by atoms with Gasteiger partial charge in [-0.25, -0.2) is 13.8 Å². The average molecular weight is 409 g/mol. The summed E-state index contributed by atoms with van der Waals surface area (Å²) in [5.74, 6) is 0.260. The molecule has 2 atom stereocenters. The molecule has 1 aromatic heterocycles. The Morgan fingerprint density at radius 2 is 1.97 bits per heavy atom. The zero-order chi connectivity index (χ0) is 21.0. The Bertz CT molecular complexity index is 672. The van der Waals surface area contributed by atoms with Crippen molar-refractivity contribution in [2.24, 2.45) is 11.3 Å². The molecule has 5 nitrogen and oxygen atoms in total. The molecule has 0 radical (unpaired) electrons. The normalized spacial score (nSPS) is 23.6. The summed E-state index contributed by atoms with van der Waals surface area (Å²) >= 11 is 0. The van der Waals surface area contributed by atoms with Crippen molar-refractivity contribution in [2.45, 2.75) is 58.9 Å². The van der Waals surface area contributed by atoms with Gasteiger partial charge in [0.15, 0.2) is 0 Å². The van der Waals surface area contributed by atoms with Crippen molar-refractivity contribution in [3.8, 4) is 0 Å². The van der Waals surface area contributed by atoms with Gasteiger partial charge in [-0.2, -0.15) is 0 Å². The maximum Gasteiger partial charge on any atom is 0.270 e. The highest BCUT2D eigenvalue weighted by molar-refractivity contribution is 5.92. The predicted octanol–water partition coefficient (Wildman–Crippen LogP) is 3.80. The van der Waals surface area contributed by atoms with E-state index in [2.05, 4.69) is 40.9 Å². The number of anilines is 1. The van der Waals surface area contributed by atoms with Gasteiger partial charge in [-0.3, -0.25) is 9.69 Å². The van der Waals surface area contributed by atoms with E-state index in [4.69, 9.17) is 0 Å². The minimum absolute atomic E-state index is 0.170. The Morgan fingerprint density at radius 1 is 1.24 bits per heavy atom. The van der Waals surface area contributed by atoms with Gasteiger partial charge < -0.3 is 10.2 Å². The number of aromatic nitrogens is 1. The Labute approximate surface area is 172 Å². The van der Waals surface area contributed by atoms with Gasteiger partial charge in [0.25, 0.3) is 12.3 Å². The number of pyridine rings is 1. The second-order valence-corrected chi connectivity index (χ2v) is 9.03. The molecule has 1 aliphatic carbocycles. The lowest BCUT2D eigenvalue weighted by Crippen LogP contribution is -2.50. The largest absolute Gasteiger partial charge is 0.368 e. The lowest BCUT2D eigenvalue weighted by atomic mass is 9.76. The molecule has 3 rings (SSSR count). The first kappa shape index (κ1) is 21.9. The van der Waals surface area contributed by atoms with Crippen molar-refractivity contribution in [1.29, 1.82) is 0 Å². The molecule has 7 heteroatoms. The number of halogens is 2. The lowest BCUT2D eigenvalue weighted by Gasteiger charge is -2.39. The van der Waals surface area contributed by atoms with Crippen LogP contribution in [0.5, 0.6) is 0 Å². The second kappa shape index (κ2) is 9.37. The molecular weight excluding hydrogens is 374 g/mol. The van der Waals surface area contributed by atoms with E-state index in [9.17, 15) is 13.6 Å². The minimum atomic E-state index is -2.56. The summed E-state index contributed by atoms with van der Waals surface area (Å²) in [7, 11) is 0. The first-order valence-corrected chi connectivity index (χ1v) is 10.8. The van der Waals surface area contributed by atoms with Crippen LogP contribution >= 0.6 is 0 Å². The maximum absolute atomic E-state index is 12.2.